The van der Waals surface area contributed by atoms with Crippen LogP contribution < -0.4 is 5.32 Å². The first kappa shape index (κ1) is 13.5. The first-order valence-corrected chi connectivity index (χ1v) is 7.40. The standard InChI is InChI=1S/C18H19NS/c1-12-9-16-15(18(20)10-12)8-7-13-5-3-4-6-14(13)17(16)11-19-2/h3-10,17,19-20H,11H2,1-2H3. The van der Waals surface area contributed by atoms with Gasteiger partial charge in [-0.25, -0.2) is 0 Å². The van der Waals surface area contributed by atoms with Crippen LogP contribution in [0.25, 0.3) is 12.2 Å². The SMILES string of the molecule is CNCC1c2ccccc2C=Cc2c(S)cc(C)cc21. The van der Waals surface area contributed by atoms with E-state index in [1.54, 1.807) is 0 Å². The number of rotatable bonds is 2. The van der Waals surface area contributed by atoms with Gasteiger partial charge >= 0.3 is 0 Å². The zero-order valence-electron chi connectivity index (χ0n) is 11.9. The summed E-state index contributed by atoms with van der Waals surface area (Å²) in [4.78, 5) is 1.06. The van der Waals surface area contributed by atoms with E-state index in [2.05, 4.69) is 73.4 Å². The highest BCUT2D eigenvalue weighted by molar-refractivity contribution is 7.80. The Morgan fingerprint density at radius 2 is 1.90 bits per heavy atom. The number of aryl methyl sites for hydroxylation is 1. The predicted molar refractivity (Wildman–Crippen MR) is 89.6 cm³/mol. The number of nitrogens with one attached hydrogen (secondary N) is 1. The Bertz CT molecular complexity index is 673. The number of hydrogen-bond donors (Lipinski definition) is 2. The van der Waals surface area contributed by atoms with Gasteiger partial charge in [-0.1, -0.05) is 42.5 Å². The summed E-state index contributed by atoms with van der Waals surface area (Å²) in [5, 5.41) is 3.33. The summed E-state index contributed by atoms with van der Waals surface area (Å²) in [6, 6.07) is 13.1. The van der Waals surface area contributed by atoms with E-state index in [0.717, 1.165) is 11.4 Å². The van der Waals surface area contributed by atoms with E-state index in [9.17, 15) is 0 Å². The maximum absolute atomic E-state index is 4.67. The van der Waals surface area contributed by atoms with Gasteiger partial charge in [-0.2, -0.15) is 0 Å². The molecule has 2 aromatic rings. The van der Waals surface area contributed by atoms with Gasteiger partial charge in [0.25, 0.3) is 0 Å². The van der Waals surface area contributed by atoms with Crippen molar-refractivity contribution >= 4 is 24.8 Å². The third-order valence-corrected chi connectivity index (χ3v) is 4.29. The highest BCUT2D eigenvalue weighted by Crippen LogP contribution is 2.37. The fraction of sp³-hybridized carbons (Fsp3) is 0.222. The van der Waals surface area contributed by atoms with Gasteiger partial charge < -0.3 is 5.32 Å². The zero-order chi connectivity index (χ0) is 14.1. The van der Waals surface area contributed by atoms with Crippen molar-refractivity contribution in [2.24, 2.45) is 0 Å². The number of hydrogen-bond acceptors (Lipinski definition) is 2. The van der Waals surface area contributed by atoms with Gasteiger partial charge in [0, 0.05) is 17.4 Å². The van der Waals surface area contributed by atoms with Gasteiger partial charge in [-0.15, -0.1) is 12.6 Å². The molecule has 1 aliphatic rings. The smallest absolute Gasteiger partial charge is 0.0226 e. The molecule has 0 aromatic heterocycles. The zero-order valence-corrected chi connectivity index (χ0v) is 12.7. The van der Waals surface area contributed by atoms with E-state index in [4.69, 9.17) is 0 Å². The summed E-state index contributed by atoms with van der Waals surface area (Å²) < 4.78 is 0. The van der Waals surface area contributed by atoms with Crippen LogP contribution in [0.15, 0.2) is 41.3 Å². The highest BCUT2D eigenvalue weighted by Gasteiger charge is 2.22. The molecule has 102 valence electrons. The van der Waals surface area contributed by atoms with Crippen molar-refractivity contribution in [1.82, 2.24) is 5.32 Å². The minimum Gasteiger partial charge on any atom is -0.319 e. The molecule has 0 fully saturated rings. The van der Waals surface area contributed by atoms with Crippen molar-refractivity contribution in [3.63, 3.8) is 0 Å². The molecule has 0 aliphatic heterocycles. The highest BCUT2D eigenvalue weighted by atomic mass is 32.1. The lowest BCUT2D eigenvalue weighted by atomic mass is 9.87. The van der Waals surface area contributed by atoms with Gasteiger partial charge in [0.05, 0.1) is 0 Å². The monoisotopic (exact) mass is 281 g/mol. The molecule has 2 aromatic carbocycles. The minimum absolute atomic E-state index is 0.368. The molecule has 0 amide bonds. The molecule has 0 spiro atoms. The van der Waals surface area contributed by atoms with Gasteiger partial charge in [0.1, 0.15) is 0 Å². The Labute approximate surface area is 126 Å². The largest absolute Gasteiger partial charge is 0.319 e. The van der Waals surface area contributed by atoms with E-state index in [1.807, 2.05) is 7.05 Å². The molecule has 1 nitrogen and oxygen atoms in total. The lowest BCUT2D eigenvalue weighted by molar-refractivity contribution is 0.705. The predicted octanol–water partition coefficient (Wildman–Crippen LogP) is 4.12. The molecule has 0 radical (unpaired) electrons. The molecule has 3 rings (SSSR count). The minimum atomic E-state index is 0.368. The number of thiol groups is 1. The van der Waals surface area contributed by atoms with Crippen LogP contribution in [-0.4, -0.2) is 13.6 Å². The van der Waals surface area contributed by atoms with Gasteiger partial charge in [0.15, 0.2) is 0 Å². The van der Waals surface area contributed by atoms with Crippen LogP contribution in [-0.2, 0) is 0 Å². The first-order chi connectivity index (χ1) is 9.70. The molecule has 0 bridgehead atoms. The van der Waals surface area contributed by atoms with Crippen molar-refractivity contribution in [3.05, 3.63) is 64.2 Å². The quantitative estimate of drug-likeness (QED) is 0.789. The molecule has 0 saturated carbocycles. The van der Waals surface area contributed by atoms with E-state index >= 15 is 0 Å². The van der Waals surface area contributed by atoms with Crippen LogP contribution in [0.4, 0.5) is 0 Å². The second kappa shape index (κ2) is 5.47. The fourth-order valence-corrected chi connectivity index (χ4v) is 3.43. The van der Waals surface area contributed by atoms with Crippen LogP contribution in [0.3, 0.4) is 0 Å². The van der Waals surface area contributed by atoms with Crippen molar-refractivity contribution in [2.75, 3.05) is 13.6 Å². The van der Waals surface area contributed by atoms with Crippen molar-refractivity contribution in [1.29, 1.82) is 0 Å². The summed E-state index contributed by atoms with van der Waals surface area (Å²) in [7, 11) is 2.01. The topological polar surface area (TPSA) is 12.0 Å². The second-order valence-electron chi connectivity index (χ2n) is 5.36. The Morgan fingerprint density at radius 1 is 1.10 bits per heavy atom. The number of likely N-dealkylation sites (N-methyl/N-ethyl adjacent to an activating group) is 1. The van der Waals surface area contributed by atoms with Crippen molar-refractivity contribution in [2.45, 2.75) is 17.7 Å². The van der Waals surface area contributed by atoms with E-state index in [0.29, 0.717) is 5.92 Å². The third kappa shape index (κ3) is 2.30. The normalized spacial score (nSPS) is 16.4. The summed E-state index contributed by atoms with van der Waals surface area (Å²) >= 11 is 4.67. The maximum atomic E-state index is 4.67. The number of fused-ring (bicyclic) bond motifs is 2. The Kier molecular flexibility index (Phi) is 3.68. The second-order valence-corrected chi connectivity index (χ2v) is 5.84. The third-order valence-electron chi connectivity index (χ3n) is 3.92. The van der Waals surface area contributed by atoms with Crippen LogP contribution in [0.5, 0.6) is 0 Å². The fourth-order valence-electron chi connectivity index (χ4n) is 3.02. The molecule has 0 heterocycles. The first-order valence-electron chi connectivity index (χ1n) is 6.96. The molecular weight excluding hydrogens is 262 g/mol. The van der Waals surface area contributed by atoms with E-state index in [1.165, 1.54) is 27.8 Å². The maximum Gasteiger partial charge on any atom is 0.0226 e. The summed E-state index contributed by atoms with van der Waals surface area (Å²) in [5.41, 5.74) is 6.56. The van der Waals surface area contributed by atoms with Crippen LogP contribution in [0, 0.1) is 6.92 Å². The van der Waals surface area contributed by atoms with Crippen LogP contribution >= 0.6 is 12.6 Å². The Balaban J connectivity index is 2.26. The van der Waals surface area contributed by atoms with Crippen molar-refractivity contribution < 1.29 is 0 Å². The Morgan fingerprint density at radius 3 is 2.70 bits per heavy atom. The van der Waals surface area contributed by atoms with Crippen LogP contribution in [0.2, 0.25) is 0 Å². The molecule has 1 unspecified atom stereocenters. The molecule has 1 N–H and O–H groups in total. The van der Waals surface area contributed by atoms with Gasteiger partial charge in [-0.05, 0) is 47.9 Å². The lowest BCUT2D eigenvalue weighted by Crippen LogP contribution is -2.19. The van der Waals surface area contributed by atoms with Gasteiger partial charge in [0.2, 0.25) is 0 Å². The number of benzene rings is 2. The average Bonchev–Trinajstić information content (AvgIpc) is 2.58. The molecule has 1 atom stereocenters. The molecule has 20 heavy (non-hydrogen) atoms. The average molecular weight is 281 g/mol. The molecule has 1 aliphatic carbocycles. The Hall–Kier alpha value is -1.51. The van der Waals surface area contributed by atoms with E-state index in [-0.39, 0.29) is 0 Å². The molecule has 2 heteroatoms. The summed E-state index contributed by atoms with van der Waals surface area (Å²) in [5.74, 6) is 0.368. The van der Waals surface area contributed by atoms with Gasteiger partial charge in [-0.3, -0.25) is 0 Å². The lowest BCUT2D eigenvalue weighted by Gasteiger charge is -2.21. The van der Waals surface area contributed by atoms with Crippen molar-refractivity contribution in [3.8, 4) is 0 Å². The van der Waals surface area contributed by atoms with E-state index < -0.39 is 0 Å². The molecular formula is C18H19NS. The van der Waals surface area contributed by atoms with Crippen LogP contribution in [0.1, 0.15) is 33.7 Å². The summed E-state index contributed by atoms with van der Waals surface area (Å²) in [6.45, 7) is 3.07. The summed E-state index contributed by atoms with van der Waals surface area (Å²) in [6.07, 6.45) is 4.41. The molecule has 0 saturated heterocycles.